The molecule has 0 aliphatic heterocycles. The summed E-state index contributed by atoms with van der Waals surface area (Å²) in [6.07, 6.45) is 1.24. The first-order valence-electron chi connectivity index (χ1n) is 7.52. The van der Waals surface area contributed by atoms with Crippen molar-refractivity contribution in [2.75, 3.05) is 4.72 Å². The van der Waals surface area contributed by atoms with Crippen molar-refractivity contribution in [2.45, 2.75) is 11.8 Å². The van der Waals surface area contributed by atoms with E-state index in [2.05, 4.69) is 25.8 Å². The maximum atomic E-state index is 12.6. The normalized spacial score (nSPS) is 11.4. The zero-order valence-electron chi connectivity index (χ0n) is 13.8. The lowest BCUT2D eigenvalue weighted by Crippen LogP contribution is -2.21. The molecular weight excluding hydrogens is 477 g/mol. The van der Waals surface area contributed by atoms with Gasteiger partial charge in [0, 0.05) is 10.2 Å². The molecule has 140 valence electrons. The SMILES string of the molecule is Cc1cc(NS(=O)(=O)c2ccc(-n3ncc(Cl)c(Cl)c3=O)cc2)ccc1Br. The Kier molecular flexibility index (Phi) is 5.62. The van der Waals surface area contributed by atoms with Crippen molar-refractivity contribution < 1.29 is 8.42 Å². The number of nitrogens with one attached hydrogen (secondary N) is 1. The molecule has 0 amide bonds. The Labute approximate surface area is 173 Å². The minimum atomic E-state index is -3.79. The first-order valence-corrected chi connectivity index (χ1v) is 10.5. The van der Waals surface area contributed by atoms with Crippen LogP contribution in [0.3, 0.4) is 0 Å². The zero-order chi connectivity index (χ0) is 19.8. The van der Waals surface area contributed by atoms with Crippen LogP contribution in [0.1, 0.15) is 5.56 Å². The molecule has 0 aliphatic rings. The molecule has 27 heavy (non-hydrogen) atoms. The van der Waals surface area contributed by atoms with Gasteiger partial charge in [0.05, 0.1) is 21.8 Å². The van der Waals surface area contributed by atoms with E-state index in [1.165, 1.54) is 30.5 Å². The number of aryl methyl sites for hydroxylation is 1. The number of aromatic nitrogens is 2. The van der Waals surface area contributed by atoms with E-state index in [4.69, 9.17) is 23.2 Å². The highest BCUT2D eigenvalue weighted by Crippen LogP contribution is 2.23. The third-order valence-electron chi connectivity index (χ3n) is 3.68. The van der Waals surface area contributed by atoms with Crippen LogP contribution < -0.4 is 10.3 Å². The summed E-state index contributed by atoms with van der Waals surface area (Å²) in [5.41, 5.74) is 1.11. The topological polar surface area (TPSA) is 81.1 Å². The Morgan fingerprint density at radius 1 is 1.11 bits per heavy atom. The highest BCUT2D eigenvalue weighted by Gasteiger charge is 2.16. The van der Waals surface area contributed by atoms with Crippen LogP contribution in [-0.4, -0.2) is 18.2 Å². The van der Waals surface area contributed by atoms with E-state index in [0.717, 1.165) is 14.7 Å². The Morgan fingerprint density at radius 3 is 2.41 bits per heavy atom. The molecule has 3 rings (SSSR count). The third-order valence-corrected chi connectivity index (χ3v) is 6.71. The van der Waals surface area contributed by atoms with Crippen molar-refractivity contribution in [1.29, 1.82) is 0 Å². The van der Waals surface area contributed by atoms with E-state index in [9.17, 15) is 13.2 Å². The number of nitrogens with zero attached hydrogens (tertiary/aromatic N) is 2. The molecule has 6 nitrogen and oxygen atoms in total. The second kappa shape index (κ2) is 7.63. The van der Waals surface area contributed by atoms with Gasteiger partial charge in [-0.25, -0.2) is 8.42 Å². The van der Waals surface area contributed by atoms with E-state index in [0.29, 0.717) is 11.4 Å². The molecule has 0 spiro atoms. The van der Waals surface area contributed by atoms with Gasteiger partial charge >= 0.3 is 0 Å². The van der Waals surface area contributed by atoms with Crippen molar-refractivity contribution in [3.63, 3.8) is 0 Å². The van der Waals surface area contributed by atoms with E-state index < -0.39 is 15.6 Å². The lowest BCUT2D eigenvalue weighted by atomic mass is 10.2. The van der Waals surface area contributed by atoms with Crippen LogP contribution in [0.2, 0.25) is 10.0 Å². The number of anilines is 1. The lowest BCUT2D eigenvalue weighted by Gasteiger charge is -2.10. The molecule has 1 aromatic heterocycles. The third kappa shape index (κ3) is 4.19. The van der Waals surface area contributed by atoms with Crippen LogP contribution in [0.15, 0.2) is 62.8 Å². The number of hydrogen-bond donors (Lipinski definition) is 1. The fourth-order valence-electron chi connectivity index (χ4n) is 2.29. The summed E-state index contributed by atoms with van der Waals surface area (Å²) in [5.74, 6) is 0. The average Bonchev–Trinajstić information content (AvgIpc) is 2.63. The minimum absolute atomic E-state index is 0.0416. The quantitative estimate of drug-likeness (QED) is 0.589. The van der Waals surface area contributed by atoms with Crippen LogP contribution in [0.5, 0.6) is 0 Å². The molecular formula is C17H12BrCl2N3O3S. The molecule has 1 heterocycles. The maximum Gasteiger partial charge on any atom is 0.291 e. The molecule has 0 saturated carbocycles. The van der Waals surface area contributed by atoms with E-state index >= 15 is 0 Å². The Balaban J connectivity index is 1.91. The van der Waals surface area contributed by atoms with Crippen LogP contribution in [0.4, 0.5) is 5.69 Å². The number of rotatable bonds is 4. The molecule has 0 unspecified atom stereocenters. The second-order valence-electron chi connectivity index (χ2n) is 5.59. The first-order chi connectivity index (χ1) is 12.7. The number of hydrogen-bond acceptors (Lipinski definition) is 4. The predicted octanol–water partition coefficient (Wildman–Crippen LogP) is 4.41. The summed E-state index contributed by atoms with van der Waals surface area (Å²) in [4.78, 5) is 12.2. The molecule has 0 aliphatic carbocycles. The summed E-state index contributed by atoms with van der Waals surface area (Å²) in [6.45, 7) is 1.86. The number of sulfonamides is 1. The van der Waals surface area contributed by atoms with Gasteiger partial charge in [-0.2, -0.15) is 9.78 Å². The Hall–Kier alpha value is -1.87. The van der Waals surface area contributed by atoms with Gasteiger partial charge in [0.1, 0.15) is 5.02 Å². The van der Waals surface area contributed by atoms with Crippen molar-refractivity contribution in [3.05, 3.63) is 79.1 Å². The molecule has 0 radical (unpaired) electrons. The van der Waals surface area contributed by atoms with Crippen LogP contribution in [0.25, 0.3) is 5.69 Å². The molecule has 2 aromatic carbocycles. The smallest absolute Gasteiger partial charge is 0.280 e. The predicted molar refractivity (Wildman–Crippen MR) is 110 cm³/mol. The fraction of sp³-hybridized carbons (Fsp3) is 0.0588. The molecule has 1 N–H and O–H groups in total. The van der Waals surface area contributed by atoms with Crippen LogP contribution in [0, 0.1) is 6.92 Å². The zero-order valence-corrected chi connectivity index (χ0v) is 17.7. The molecule has 0 bridgehead atoms. The summed E-state index contributed by atoms with van der Waals surface area (Å²) in [6, 6.07) is 10.8. The lowest BCUT2D eigenvalue weighted by molar-refractivity contribution is 0.601. The molecule has 3 aromatic rings. The average molecular weight is 489 g/mol. The van der Waals surface area contributed by atoms with Gasteiger partial charge in [-0.15, -0.1) is 0 Å². The highest BCUT2D eigenvalue weighted by molar-refractivity contribution is 9.10. The molecule has 0 atom stereocenters. The summed E-state index contributed by atoms with van der Waals surface area (Å²) >= 11 is 15.0. The monoisotopic (exact) mass is 487 g/mol. The Bertz CT molecular complexity index is 1180. The van der Waals surface area contributed by atoms with Crippen molar-refractivity contribution in [1.82, 2.24) is 9.78 Å². The van der Waals surface area contributed by atoms with Crippen LogP contribution >= 0.6 is 39.1 Å². The van der Waals surface area contributed by atoms with E-state index in [-0.39, 0.29) is 14.9 Å². The van der Waals surface area contributed by atoms with Gasteiger partial charge < -0.3 is 0 Å². The molecule has 10 heteroatoms. The van der Waals surface area contributed by atoms with Gasteiger partial charge in [-0.1, -0.05) is 39.1 Å². The van der Waals surface area contributed by atoms with E-state index in [1.54, 1.807) is 18.2 Å². The molecule has 0 saturated heterocycles. The summed E-state index contributed by atoms with van der Waals surface area (Å²) in [7, 11) is -3.79. The maximum absolute atomic E-state index is 12.6. The standard InChI is InChI=1S/C17H12BrCl2N3O3S/c1-10-8-11(2-7-14(10)18)22-27(25,26)13-5-3-12(4-6-13)23-17(24)16(20)15(19)9-21-23/h2-9,22H,1H3. The van der Waals surface area contributed by atoms with E-state index in [1.807, 2.05) is 6.92 Å². The van der Waals surface area contributed by atoms with Gasteiger partial charge in [-0.05, 0) is 55.0 Å². The summed E-state index contributed by atoms with van der Waals surface area (Å²) in [5, 5.41) is 3.80. The first kappa shape index (κ1) is 19.9. The summed E-state index contributed by atoms with van der Waals surface area (Å²) < 4.78 is 29.6. The molecule has 0 fully saturated rings. The number of benzene rings is 2. The van der Waals surface area contributed by atoms with Crippen LogP contribution in [-0.2, 0) is 10.0 Å². The van der Waals surface area contributed by atoms with Gasteiger partial charge in [0.15, 0.2) is 0 Å². The highest BCUT2D eigenvalue weighted by atomic mass is 79.9. The Morgan fingerprint density at radius 2 is 1.78 bits per heavy atom. The van der Waals surface area contributed by atoms with Gasteiger partial charge in [0.25, 0.3) is 15.6 Å². The minimum Gasteiger partial charge on any atom is -0.280 e. The number of halogens is 3. The van der Waals surface area contributed by atoms with Gasteiger partial charge in [-0.3, -0.25) is 9.52 Å². The second-order valence-corrected chi connectivity index (χ2v) is 8.91. The largest absolute Gasteiger partial charge is 0.291 e. The van der Waals surface area contributed by atoms with Crippen molar-refractivity contribution in [3.8, 4) is 5.69 Å². The van der Waals surface area contributed by atoms with Gasteiger partial charge in [0.2, 0.25) is 0 Å². The van der Waals surface area contributed by atoms with Crippen molar-refractivity contribution in [2.24, 2.45) is 0 Å². The van der Waals surface area contributed by atoms with Crippen molar-refractivity contribution >= 4 is 54.8 Å². The fourth-order valence-corrected chi connectivity index (χ4v) is 3.83.